The normalized spacial score (nSPS) is 18.6. The van der Waals surface area contributed by atoms with E-state index < -0.39 is 6.10 Å². The fourth-order valence-corrected chi connectivity index (χ4v) is 1.86. The highest BCUT2D eigenvalue weighted by Gasteiger charge is 2.14. The molecule has 0 aromatic heterocycles. The smallest absolute Gasteiger partial charge is 0.246 e. The number of aliphatic hydroxyl groups is 1. The molecule has 0 aromatic carbocycles. The number of amides is 1. The fourth-order valence-electron chi connectivity index (χ4n) is 1.86. The van der Waals surface area contributed by atoms with Gasteiger partial charge in [0.1, 0.15) is 6.61 Å². The molecule has 1 saturated heterocycles. The fraction of sp³-hybridized carbons (Fsp3) is 0.917. The van der Waals surface area contributed by atoms with Crippen LogP contribution in [0.15, 0.2) is 0 Å². The van der Waals surface area contributed by atoms with Crippen LogP contribution in [0.4, 0.5) is 0 Å². The molecule has 1 heterocycles. The van der Waals surface area contributed by atoms with Crippen LogP contribution in [0.25, 0.3) is 0 Å². The van der Waals surface area contributed by atoms with Gasteiger partial charge < -0.3 is 25.2 Å². The van der Waals surface area contributed by atoms with E-state index in [0.717, 1.165) is 25.9 Å². The zero-order valence-corrected chi connectivity index (χ0v) is 11.0. The van der Waals surface area contributed by atoms with Gasteiger partial charge in [0.25, 0.3) is 0 Å². The second-order valence-corrected chi connectivity index (χ2v) is 4.51. The minimum atomic E-state index is -0.527. The van der Waals surface area contributed by atoms with Gasteiger partial charge in [0, 0.05) is 13.7 Å². The number of carbonyl (C=O) groups excluding carboxylic acids is 1. The van der Waals surface area contributed by atoms with Gasteiger partial charge in [0.15, 0.2) is 0 Å². The van der Waals surface area contributed by atoms with Crippen LogP contribution >= 0.6 is 0 Å². The average Bonchev–Trinajstić information content (AvgIpc) is 2.38. The second-order valence-electron chi connectivity index (χ2n) is 4.51. The third-order valence-corrected chi connectivity index (χ3v) is 2.90. The Bertz CT molecular complexity index is 232. The van der Waals surface area contributed by atoms with Crippen LogP contribution in [0.5, 0.6) is 0 Å². The maximum Gasteiger partial charge on any atom is 0.246 e. The van der Waals surface area contributed by atoms with Crippen molar-refractivity contribution in [1.29, 1.82) is 0 Å². The number of nitrogens with one attached hydrogen (secondary N) is 2. The maximum absolute atomic E-state index is 11.5. The summed E-state index contributed by atoms with van der Waals surface area (Å²) in [6.07, 6.45) is 2.07. The molecule has 0 bridgehead atoms. The van der Waals surface area contributed by atoms with E-state index in [-0.39, 0.29) is 18.6 Å². The Labute approximate surface area is 108 Å². The predicted molar refractivity (Wildman–Crippen MR) is 67.4 cm³/mol. The Kier molecular flexibility index (Phi) is 7.91. The average molecular weight is 260 g/mol. The first-order valence-corrected chi connectivity index (χ1v) is 6.48. The molecule has 3 N–H and O–H groups in total. The summed E-state index contributed by atoms with van der Waals surface area (Å²) >= 11 is 0. The van der Waals surface area contributed by atoms with Crippen LogP contribution in [0.1, 0.15) is 19.3 Å². The van der Waals surface area contributed by atoms with Gasteiger partial charge in [-0.25, -0.2) is 0 Å². The highest BCUT2D eigenvalue weighted by molar-refractivity contribution is 5.77. The first-order chi connectivity index (χ1) is 8.72. The minimum absolute atomic E-state index is 0.102. The summed E-state index contributed by atoms with van der Waals surface area (Å²) in [5.41, 5.74) is 0. The lowest BCUT2D eigenvalue weighted by Gasteiger charge is -2.22. The van der Waals surface area contributed by atoms with Crippen molar-refractivity contribution < 1.29 is 19.4 Å². The Hall–Kier alpha value is -0.690. The summed E-state index contributed by atoms with van der Waals surface area (Å²) < 4.78 is 10.3. The summed E-state index contributed by atoms with van der Waals surface area (Å²) in [6.45, 7) is 2.75. The van der Waals surface area contributed by atoms with Crippen LogP contribution in [0.3, 0.4) is 0 Å². The standard InChI is InChI=1S/C12H24N2O4/c1-17-8-10(15)2-7-14-12(16)9-18-11-3-5-13-6-4-11/h10-11,13,15H,2-9H2,1H3,(H,14,16). The molecule has 0 saturated carbocycles. The quantitative estimate of drug-likeness (QED) is 0.536. The summed E-state index contributed by atoms with van der Waals surface area (Å²) in [6, 6.07) is 0. The molecule has 6 heteroatoms. The molecule has 0 aromatic rings. The first-order valence-electron chi connectivity index (χ1n) is 6.48. The van der Waals surface area contributed by atoms with Crippen molar-refractivity contribution in [2.45, 2.75) is 31.5 Å². The SMILES string of the molecule is COCC(O)CCNC(=O)COC1CCNCC1. The number of piperidine rings is 1. The number of methoxy groups -OCH3 is 1. The zero-order valence-electron chi connectivity index (χ0n) is 11.0. The highest BCUT2D eigenvalue weighted by Crippen LogP contribution is 2.06. The van der Waals surface area contributed by atoms with Gasteiger partial charge in [-0.15, -0.1) is 0 Å². The molecule has 0 aliphatic carbocycles. The topological polar surface area (TPSA) is 79.8 Å². The predicted octanol–water partition coefficient (Wildman–Crippen LogP) is -0.731. The van der Waals surface area contributed by atoms with E-state index in [1.165, 1.54) is 7.11 Å². The third kappa shape index (κ3) is 6.90. The van der Waals surface area contributed by atoms with Crippen LogP contribution < -0.4 is 10.6 Å². The van der Waals surface area contributed by atoms with E-state index in [9.17, 15) is 9.90 Å². The van der Waals surface area contributed by atoms with Crippen molar-refractivity contribution >= 4 is 5.91 Å². The van der Waals surface area contributed by atoms with Crippen molar-refractivity contribution in [3.63, 3.8) is 0 Å². The number of carbonyl (C=O) groups is 1. The van der Waals surface area contributed by atoms with Gasteiger partial charge in [-0.05, 0) is 32.4 Å². The van der Waals surface area contributed by atoms with E-state index in [2.05, 4.69) is 10.6 Å². The van der Waals surface area contributed by atoms with Gasteiger partial charge >= 0.3 is 0 Å². The van der Waals surface area contributed by atoms with Crippen LogP contribution in [-0.2, 0) is 14.3 Å². The highest BCUT2D eigenvalue weighted by atomic mass is 16.5. The van der Waals surface area contributed by atoms with E-state index in [1.54, 1.807) is 0 Å². The van der Waals surface area contributed by atoms with Gasteiger partial charge in [-0.1, -0.05) is 0 Å². The summed E-state index contributed by atoms with van der Waals surface area (Å²) in [5, 5.41) is 15.3. The van der Waals surface area contributed by atoms with Crippen LogP contribution in [0, 0.1) is 0 Å². The van der Waals surface area contributed by atoms with Crippen LogP contribution in [0.2, 0.25) is 0 Å². The monoisotopic (exact) mass is 260 g/mol. The molecule has 0 spiro atoms. The summed E-state index contributed by atoms with van der Waals surface area (Å²) in [5.74, 6) is -0.127. The largest absolute Gasteiger partial charge is 0.391 e. The molecular formula is C12H24N2O4. The molecule has 1 fully saturated rings. The maximum atomic E-state index is 11.5. The van der Waals surface area contributed by atoms with E-state index in [0.29, 0.717) is 19.6 Å². The molecule has 106 valence electrons. The molecule has 1 aliphatic heterocycles. The number of hydrogen-bond acceptors (Lipinski definition) is 5. The number of ether oxygens (including phenoxy) is 2. The molecule has 6 nitrogen and oxygen atoms in total. The van der Waals surface area contributed by atoms with Crippen molar-refractivity contribution in [3.05, 3.63) is 0 Å². The van der Waals surface area contributed by atoms with Crippen molar-refractivity contribution in [2.75, 3.05) is 40.0 Å². The summed E-state index contributed by atoms with van der Waals surface area (Å²) in [7, 11) is 1.54. The number of hydrogen-bond donors (Lipinski definition) is 3. The van der Waals surface area contributed by atoms with E-state index >= 15 is 0 Å². The molecule has 0 radical (unpaired) electrons. The van der Waals surface area contributed by atoms with Crippen molar-refractivity contribution in [3.8, 4) is 0 Å². The molecule has 1 rings (SSSR count). The van der Waals surface area contributed by atoms with Crippen LogP contribution in [-0.4, -0.2) is 63.2 Å². The molecule has 1 amide bonds. The van der Waals surface area contributed by atoms with Gasteiger partial charge in [0.05, 0.1) is 18.8 Å². The number of aliphatic hydroxyl groups excluding tert-OH is 1. The van der Waals surface area contributed by atoms with E-state index in [4.69, 9.17) is 9.47 Å². The van der Waals surface area contributed by atoms with E-state index in [1.807, 2.05) is 0 Å². The second kappa shape index (κ2) is 9.27. The Morgan fingerprint density at radius 3 is 2.89 bits per heavy atom. The zero-order chi connectivity index (χ0) is 13.2. The van der Waals surface area contributed by atoms with Crippen molar-refractivity contribution in [1.82, 2.24) is 10.6 Å². The number of rotatable bonds is 8. The first kappa shape index (κ1) is 15.4. The third-order valence-electron chi connectivity index (χ3n) is 2.90. The molecule has 18 heavy (non-hydrogen) atoms. The molecule has 1 atom stereocenters. The molecule has 1 unspecified atom stereocenters. The van der Waals surface area contributed by atoms with Crippen molar-refractivity contribution in [2.24, 2.45) is 0 Å². The van der Waals surface area contributed by atoms with Gasteiger partial charge in [0.2, 0.25) is 5.91 Å². The Balaban J connectivity index is 1.99. The lowest BCUT2D eigenvalue weighted by molar-refractivity contribution is -0.128. The molecular weight excluding hydrogens is 236 g/mol. The summed E-state index contributed by atoms with van der Waals surface area (Å²) in [4.78, 5) is 11.5. The Morgan fingerprint density at radius 2 is 2.22 bits per heavy atom. The minimum Gasteiger partial charge on any atom is -0.391 e. The van der Waals surface area contributed by atoms with Gasteiger partial charge in [-0.2, -0.15) is 0 Å². The molecule has 1 aliphatic rings. The lowest BCUT2D eigenvalue weighted by Crippen LogP contribution is -2.36. The Morgan fingerprint density at radius 1 is 1.50 bits per heavy atom. The van der Waals surface area contributed by atoms with Gasteiger partial charge in [-0.3, -0.25) is 4.79 Å². The lowest BCUT2D eigenvalue weighted by atomic mass is 10.1.